The van der Waals surface area contributed by atoms with Gasteiger partial charge in [0.25, 0.3) is 0 Å². The number of aryl methyl sites for hydroxylation is 1. The molecule has 2 unspecified atom stereocenters. The average molecular weight is 334 g/mol. The lowest BCUT2D eigenvalue weighted by molar-refractivity contribution is 0.0436. The van der Waals surface area contributed by atoms with E-state index < -0.39 is 6.10 Å². The number of likely N-dealkylation sites (tertiary alicyclic amines) is 1. The van der Waals surface area contributed by atoms with Gasteiger partial charge in [0.15, 0.2) is 0 Å². The number of aliphatic hydroxyl groups is 1. The van der Waals surface area contributed by atoms with E-state index >= 15 is 0 Å². The highest BCUT2D eigenvalue weighted by atomic mass is 35.5. The zero-order valence-corrected chi connectivity index (χ0v) is 14.3. The fourth-order valence-corrected chi connectivity index (χ4v) is 2.94. The molecular weight excluding hydrogens is 309 g/mol. The van der Waals surface area contributed by atoms with E-state index in [2.05, 4.69) is 11.8 Å². The summed E-state index contributed by atoms with van der Waals surface area (Å²) in [6, 6.07) is 6.10. The number of hydrogen-bond donors (Lipinski definition) is 1. The van der Waals surface area contributed by atoms with E-state index in [0.717, 1.165) is 17.9 Å². The smallest absolute Gasteiger partial charge is 0.122 e. The standard InChI is InChI=1S/C16H24ClNO2.ClH/c1-12-9-14(17)6-7-16(12)20-11-15(19)10-18-8-4-3-5-13(18)2;/h6-7,9,13,15,19H,3-5,8,10-11H2,1-2H3;1H. The van der Waals surface area contributed by atoms with Crippen LogP contribution in [0.15, 0.2) is 18.2 Å². The molecule has 0 aromatic heterocycles. The van der Waals surface area contributed by atoms with Crippen molar-refractivity contribution in [3.63, 3.8) is 0 Å². The third-order valence-corrected chi connectivity index (χ3v) is 4.19. The molecule has 1 N–H and O–H groups in total. The minimum absolute atomic E-state index is 0. The third-order valence-electron chi connectivity index (χ3n) is 3.95. The highest BCUT2D eigenvalue weighted by Crippen LogP contribution is 2.22. The van der Waals surface area contributed by atoms with Crippen molar-refractivity contribution >= 4 is 24.0 Å². The molecular formula is C16H25Cl2NO2. The molecule has 1 aromatic rings. The SMILES string of the molecule is Cc1cc(Cl)ccc1OCC(O)CN1CCCCC1C.Cl. The first-order valence-corrected chi connectivity index (χ1v) is 7.75. The second-order valence-corrected chi connectivity index (χ2v) is 6.15. The number of aliphatic hydroxyl groups excluding tert-OH is 1. The van der Waals surface area contributed by atoms with Crippen LogP contribution in [0.5, 0.6) is 5.75 Å². The van der Waals surface area contributed by atoms with Crippen molar-refractivity contribution in [2.24, 2.45) is 0 Å². The largest absolute Gasteiger partial charge is 0.491 e. The van der Waals surface area contributed by atoms with E-state index in [4.69, 9.17) is 16.3 Å². The van der Waals surface area contributed by atoms with E-state index in [9.17, 15) is 5.11 Å². The first kappa shape index (κ1) is 18.6. The van der Waals surface area contributed by atoms with Crippen LogP contribution in [0.4, 0.5) is 0 Å². The highest BCUT2D eigenvalue weighted by molar-refractivity contribution is 6.30. The summed E-state index contributed by atoms with van der Waals surface area (Å²) in [5, 5.41) is 10.8. The van der Waals surface area contributed by atoms with Gasteiger partial charge in [-0.15, -0.1) is 12.4 Å². The molecule has 2 atom stereocenters. The van der Waals surface area contributed by atoms with Gasteiger partial charge in [0.2, 0.25) is 0 Å². The Morgan fingerprint density at radius 1 is 1.43 bits per heavy atom. The van der Waals surface area contributed by atoms with Crippen LogP contribution in [0.1, 0.15) is 31.7 Å². The number of β-amino-alcohol motifs (C(OH)–C–C–N with tert-alkyl or cyclic N) is 1. The maximum atomic E-state index is 10.1. The molecule has 3 nitrogen and oxygen atoms in total. The summed E-state index contributed by atoms with van der Waals surface area (Å²) in [7, 11) is 0. The van der Waals surface area contributed by atoms with Gasteiger partial charge >= 0.3 is 0 Å². The molecule has 1 fully saturated rings. The van der Waals surface area contributed by atoms with Crippen molar-refractivity contribution < 1.29 is 9.84 Å². The van der Waals surface area contributed by atoms with Gasteiger partial charge in [-0.25, -0.2) is 0 Å². The van der Waals surface area contributed by atoms with Crippen molar-refractivity contribution in [1.82, 2.24) is 4.90 Å². The Morgan fingerprint density at radius 3 is 2.86 bits per heavy atom. The summed E-state index contributed by atoms with van der Waals surface area (Å²) in [6.07, 6.45) is 3.30. The molecule has 1 saturated heterocycles. The van der Waals surface area contributed by atoms with Crippen molar-refractivity contribution in [3.8, 4) is 5.75 Å². The van der Waals surface area contributed by atoms with Crippen molar-refractivity contribution in [1.29, 1.82) is 0 Å². The lowest BCUT2D eigenvalue weighted by Gasteiger charge is -2.34. The monoisotopic (exact) mass is 333 g/mol. The number of benzene rings is 1. The van der Waals surface area contributed by atoms with E-state index in [0.29, 0.717) is 24.2 Å². The lowest BCUT2D eigenvalue weighted by Crippen LogP contribution is -2.43. The molecule has 21 heavy (non-hydrogen) atoms. The second-order valence-electron chi connectivity index (χ2n) is 5.71. The fourth-order valence-electron chi connectivity index (χ4n) is 2.71. The summed E-state index contributed by atoms with van der Waals surface area (Å²) < 4.78 is 5.70. The molecule has 0 saturated carbocycles. The summed E-state index contributed by atoms with van der Waals surface area (Å²) >= 11 is 5.91. The molecule has 1 aromatic carbocycles. The van der Waals surface area contributed by atoms with Gasteiger partial charge < -0.3 is 9.84 Å². The third kappa shape index (κ3) is 5.67. The Balaban J connectivity index is 0.00000220. The molecule has 0 radical (unpaired) electrons. The Labute approximate surface area is 138 Å². The van der Waals surface area contributed by atoms with Gasteiger partial charge in [0.1, 0.15) is 18.5 Å². The molecule has 1 heterocycles. The van der Waals surface area contributed by atoms with Crippen LogP contribution in [-0.2, 0) is 0 Å². The molecule has 1 aliphatic rings. The predicted molar refractivity (Wildman–Crippen MR) is 89.8 cm³/mol. The fraction of sp³-hybridized carbons (Fsp3) is 0.625. The van der Waals surface area contributed by atoms with Gasteiger partial charge in [-0.1, -0.05) is 18.0 Å². The van der Waals surface area contributed by atoms with E-state index in [1.54, 1.807) is 0 Å². The Hall–Kier alpha value is -0.480. The molecule has 0 bridgehead atoms. The van der Waals surface area contributed by atoms with Crippen LogP contribution in [0.2, 0.25) is 5.02 Å². The minimum atomic E-state index is -0.453. The summed E-state index contributed by atoms with van der Waals surface area (Å²) in [5.74, 6) is 0.792. The van der Waals surface area contributed by atoms with Crippen LogP contribution in [-0.4, -0.2) is 41.8 Å². The van der Waals surface area contributed by atoms with Crippen LogP contribution in [0.3, 0.4) is 0 Å². The second kappa shape index (κ2) is 8.84. The molecule has 120 valence electrons. The van der Waals surface area contributed by atoms with Gasteiger partial charge in [0.05, 0.1) is 0 Å². The lowest BCUT2D eigenvalue weighted by atomic mass is 10.0. The summed E-state index contributed by atoms with van der Waals surface area (Å²) in [5.41, 5.74) is 0.996. The summed E-state index contributed by atoms with van der Waals surface area (Å²) in [4.78, 5) is 2.35. The topological polar surface area (TPSA) is 32.7 Å². The maximum Gasteiger partial charge on any atom is 0.122 e. The van der Waals surface area contributed by atoms with Gasteiger partial charge in [-0.3, -0.25) is 4.90 Å². The molecule has 1 aliphatic heterocycles. The van der Waals surface area contributed by atoms with E-state index in [1.807, 2.05) is 25.1 Å². The number of piperidine rings is 1. The van der Waals surface area contributed by atoms with Gasteiger partial charge in [0, 0.05) is 17.6 Å². The Morgan fingerprint density at radius 2 is 2.19 bits per heavy atom. The Bertz CT molecular complexity index is 442. The van der Waals surface area contributed by atoms with E-state index in [1.165, 1.54) is 19.3 Å². The average Bonchev–Trinajstić information content (AvgIpc) is 2.40. The minimum Gasteiger partial charge on any atom is -0.491 e. The summed E-state index contributed by atoms with van der Waals surface area (Å²) in [6.45, 7) is 6.29. The molecule has 5 heteroatoms. The number of ether oxygens (including phenoxy) is 1. The first-order chi connectivity index (χ1) is 9.56. The van der Waals surface area contributed by atoms with Gasteiger partial charge in [-0.05, 0) is 57.0 Å². The van der Waals surface area contributed by atoms with Crippen LogP contribution >= 0.6 is 24.0 Å². The normalized spacial score (nSPS) is 20.7. The van der Waals surface area contributed by atoms with Crippen LogP contribution in [0, 0.1) is 6.92 Å². The Kier molecular flexibility index (Phi) is 7.82. The number of rotatable bonds is 5. The zero-order valence-electron chi connectivity index (χ0n) is 12.7. The molecule has 2 rings (SSSR count). The van der Waals surface area contributed by atoms with Crippen LogP contribution in [0.25, 0.3) is 0 Å². The zero-order chi connectivity index (χ0) is 14.5. The first-order valence-electron chi connectivity index (χ1n) is 7.37. The predicted octanol–water partition coefficient (Wildman–Crippen LogP) is 3.68. The quantitative estimate of drug-likeness (QED) is 0.892. The molecule has 0 aliphatic carbocycles. The number of nitrogens with zero attached hydrogens (tertiary/aromatic N) is 1. The number of halogens is 2. The molecule has 0 amide bonds. The maximum absolute atomic E-state index is 10.1. The van der Waals surface area contributed by atoms with Gasteiger partial charge in [-0.2, -0.15) is 0 Å². The highest BCUT2D eigenvalue weighted by Gasteiger charge is 2.21. The molecule has 0 spiro atoms. The van der Waals surface area contributed by atoms with Crippen molar-refractivity contribution in [2.45, 2.75) is 45.3 Å². The van der Waals surface area contributed by atoms with E-state index in [-0.39, 0.29) is 12.4 Å². The van der Waals surface area contributed by atoms with Crippen LogP contribution < -0.4 is 4.74 Å². The van der Waals surface area contributed by atoms with Crippen molar-refractivity contribution in [2.75, 3.05) is 19.7 Å². The number of hydrogen-bond acceptors (Lipinski definition) is 3. The van der Waals surface area contributed by atoms with Crippen molar-refractivity contribution in [3.05, 3.63) is 28.8 Å².